The van der Waals surface area contributed by atoms with E-state index in [1.807, 2.05) is 31.3 Å². The van der Waals surface area contributed by atoms with Gasteiger partial charge in [-0.05, 0) is 36.8 Å². The number of rotatable bonds is 3. The number of ketones is 1. The predicted octanol–water partition coefficient (Wildman–Crippen LogP) is 3.45. The van der Waals surface area contributed by atoms with E-state index in [0.29, 0.717) is 5.56 Å². The summed E-state index contributed by atoms with van der Waals surface area (Å²) in [4.78, 5) is 12.4. The second kappa shape index (κ2) is 5.13. The largest absolute Gasteiger partial charge is 0.294 e. The smallest absolute Gasteiger partial charge is 0.169 e. The Kier molecular flexibility index (Phi) is 3.29. The quantitative estimate of drug-likeness (QED) is 0.690. The number of aryl methyl sites for hydroxylation is 2. The molecule has 0 saturated heterocycles. The van der Waals surface area contributed by atoms with Crippen LogP contribution in [0.1, 0.15) is 21.6 Å². The molecule has 0 fully saturated rings. The molecular weight excluding hydrogens is 267 g/mol. The molecule has 0 bridgehead atoms. The maximum atomic E-state index is 13.4. The molecule has 3 aromatic rings. The van der Waals surface area contributed by atoms with Gasteiger partial charge in [-0.15, -0.1) is 0 Å². The number of carbonyl (C=O) groups is 1. The number of halogens is 1. The van der Waals surface area contributed by atoms with E-state index in [1.165, 1.54) is 12.1 Å². The summed E-state index contributed by atoms with van der Waals surface area (Å²) in [5.41, 5.74) is 2.84. The molecule has 4 heteroatoms. The molecule has 106 valence electrons. The molecule has 0 unspecified atom stereocenters. The van der Waals surface area contributed by atoms with Crippen molar-refractivity contribution < 1.29 is 9.18 Å². The van der Waals surface area contributed by atoms with Crippen LogP contribution in [0.5, 0.6) is 0 Å². The highest BCUT2D eigenvalue weighted by molar-refractivity contribution is 5.99. The SMILES string of the molecule is Cc1cc(F)cc(C(=O)Cc2nn(C)c3ccccc23)c1. The first-order chi connectivity index (χ1) is 10.0. The predicted molar refractivity (Wildman–Crippen MR) is 79.9 cm³/mol. The van der Waals surface area contributed by atoms with Crippen LogP contribution in [-0.2, 0) is 13.5 Å². The molecule has 0 aliphatic rings. The molecule has 3 rings (SSSR count). The Morgan fingerprint density at radius 1 is 1.24 bits per heavy atom. The van der Waals surface area contributed by atoms with Crippen LogP contribution < -0.4 is 0 Å². The van der Waals surface area contributed by atoms with Gasteiger partial charge in [-0.1, -0.05) is 18.2 Å². The lowest BCUT2D eigenvalue weighted by atomic mass is 10.0. The van der Waals surface area contributed by atoms with Crippen LogP contribution in [0.2, 0.25) is 0 Å². The Labute approximate surface area is 122 Å². The average Bonchev–Trinajstić information content (AvgIpc) is 2.75. The summed E-state index contributed by atoms with van der Waals surface area (Å²) in [6, 6.07) is 12.2. The number of para-hydroxylation sites is 1. The van der Waals surface area contributed by atoms with E-state index in [-0.39, 0.29) is 18.0 Å². The lowest BCUT2D eigenvalue weighted by Gasteiger charge is -2.02. The minimum Gasteiger partial charge on any atom is -0.294 e. The molecule has 3 nitrogen and oxygen atoms in total. The summed E-state index contributed by atoms with van der Waals surface area (Å²) in [5.74, 6) is -0.509. The molecule has 0 aliphatic heterocycles. The molecule has 0 amide bonds. The van der Waals surface area contributed by atoms with Crippen molar-refractivity contribution in [2.24, 2.45) is 7.05 Å². The van der Waals surface area contributed by atoms with E-state index in [2.05, 4.69) is 5.10 Å². The van der Waals surface area contributed by atoms with Crippen molar-refractivity contribution in [2.45, 2.75) is 13.3 Å². The zero-order valence-electron chi connectivity index (χ0n) is 11.9. The highest BCUT2D eigenvalue weighted by Gasteiger charge is 2.14. The van der Waals surface area contributed by atoms with Gasteiger partial charge in [0.05, 0.1) is 17.6 Å². The second-order valence-electron chi connectivity index (χ2n) is 5.20. The highest BCUT2D eigenvalue weighted by atomic mass is 19.1. The molecule has 1 heterocycles. The number of carbonyl (C=O) groups excluding carboxylic acids is 1. The third-order valence-electron chi connectivity index (χ3n) is 3.53. The lowest BCUT2D eigenvalue weighted by Crippen LogP contribution is -2.06. The molecule has 0 atom stereocenters. The van der Waals surface area contributed by atoms with E-state index in [1.54, 1.807) is 17.7 Å². The molecule has 0 spiro atoms. The third-order valence-corrected chi connectivity index (χ3v) is 3.53. The van der Waals surface area contributed by atoms with Gasteiger partial charge >= 0.3 is 0 Å². The van der Waals surface area contributed by atoms with Gasteiger partial charge in [-0.3, -0.25) is 9.48 Å². The first-order valence-corrected chi connectivity index (χ1v) is 6.75. The Morgan fingerprint density at radius 2 is 2.00 bits per heavy atom. The van der Waals surface area contributed by atoms with Gasteiger partial charge in [0.25, 0.3) is 0 Å². The fraction of sp³-hybridized carbons (Fsp3) is 0.176. The lowest BCUT2D eigenvalue weighted by molar-refractivity contribution is 0.0991. The summed E-state index contributed by atoms with van der Waals surface area (Å²) < 4.78 is 15.2. The number of aromatic nitrogens is 2. The fourth-order valence-corrected chi connectivity index (χ4v) is 2.57. The van der Waals surface area contributed by atoms with Crippen molar-refractivity contribution in [3.63, 3.8) is 0 Å². The van der Waals surface area contributed by atoms with Crippen molar-refractivity contribution in [1.29, 1.82) is 0 Å². The first kappa shape index (κ1) is 13.5. The molecule has 0 radical (unpaired) electrons. The van der Waals surface area contributed by atoms with E-state index < -0.39 is 0 Å². The van der Waals surface area contributed by atoms with Gasteiger partial charge in [0.2, 0.25) is 0 Å². The number of hydrogen-bond donors (Lipinski definition) is 0. The number of nitrogens with zero attached hydrogens (tertiary/aromatic N) is 2. The van der Waals surface area contributed by atoms with Gasteiger partial charge in [-0.2, -0.15) is 5.10 Å². The van der Waals surface area contributed by atoms with Crippen LogP contribution in [0.25, 0.3) is 10.9 Å². The highest BCUT2D eigenvalue weighted by Crippen LogP contribution is 2.19. The minimum absolute atomic E-state index is 0.124. The summed E-state index contributed by atoms with van der Waals surface area (Å²) in [5, 5.41) is 5.36. The number of hydrogen-bond acceptors (Lipinski definition) is 2. The van der Waals surface area contributed by atoms with E-state index in [9.17, 15) is 9.18 Å². The van der Waals surface area contributed by atoms with Crippen molar-refractivity contribution in [3.05, 3.63) is 65.1 Å². The van der Waals surface area contributed by atoms with E-state index >= 15 is 0 Å². The molecule has 2 aromatic carbocycles. The normalized spacial score (nSPS) is 11.0. The third kappa shape index (κ3) is 2.57. The molecule has 1 aromatic heterocycles. The van der Waals surface area contributed by atoms with Crippen molar-refractivity contribution in [3.8, 4) is 0 Å². The van der Waals surface area contributed by atoms with Gasteiger partial charge < -0.3 is 0 Å². The van der Waals surface area contributed by atoms with Crippen LogP contribution >= 0.6 is 0 Å². The number of benzene rings is 2. The molecular formula is C17H15FN2O. The van der Waals surface area contributed by atoms with Gasteiger partial charge in [-0.25, -0.2) is 4.39 Å². The fourth-order valence-electron chi connectivity index (χ4n) is 2.57. The minimum atomic E-state index is -0.385. The second-order valence-corrected chi connectivity index (χ2v) is 5.20. The summed E-state index contributed by atoms with van der Waals surface area (Å²) in [6.45, 7) is 1.77. The monoisotopic (exact) mass is 282 g/mol. The summed E-state index contributed by atoms with van der Waals surface area (Å²) in [6.07, 6.45) is 0.171. The average molecular weight is 282 g/mol. The topological polar surface area (TPSA) is 34.9 Å². The zero-order chi connectivity index (χ0) is 15.0. The van der Waals surface area contributed by atoms with Gasteiger partial charge in [0.15, 0.2) is 5.78 Å². The molecule has 0 saturated carbocycles. The van der Waals surface area contributed by atoms with Gasteiger partial charge in [0.1, 0.15) is 5.82 Å². The molecule has 21 heavy (non-hydrogen) atoms. The Morgan fingerprint density at radius 3 is 2.76 bits per heavy atom. The van der Waals surface area contributed by atoms with Crippen molar-refractivity contribution >= 4 is 16.7 Å². The van der Waals surface area contributed by atoms with E-state index in [0.717, 1.165) is 22.2 Å². The van der Waals surface area contributed by atoms with Crippen LogP contribution in [0.15, 0.2) is 42.5 Å². The zero-order valence-corrected chi connectivity index (χ0v) is 11.9. The van der Waals surface area contributed by atoms with Crippen LogP contribution in [0.4, 0.5) is 4.39 Å². The number of fused-ring (bicyclic) bond motifs is 1. The Bertz CT molecular complexity index is 816. The van der Waals surface area contributed by atoms with Crippen molar-refractivity contribution in [1.82, 2.24) is 9.78 Å². The Balaban J connectivity index is 1.96. The maximum Gasteiger partial charge on any atom is 0.169 e. The summed E-state index contributed by atoms with van der Waals surface area (Å²) in [7, 11) is 1.85. The van der Waals surface area contributed by atoms with E-state index in [4.69, 9.17) is 0 Å². The Hall–Kier alpha value is -2.49. The van der Waals surface area contributed by atoms with Crippen LogP contribution in [0.3, 0.4) is 0 Å². The molecule has 0 aliphatic carbocycles. The standard InChI is InChI=1S/C17H15FN2O/c1-11-7-12(9-13(18)8-11)17(21)10-15-14-5-3-4-6-16(14)20(2)19-15/h3-9H,10H2,1-2H3. The summed E-state index contributed by atoms with van der Waals surface area (Å²) >= 11 is 0. The number of Topliss-reactive ketones (excluding diaryl/α,β-unsaturated/α-hetero) is 1. The van der Waals surface area contributed by atoms with Crippen LogP contribution in [0, 0.1) is 12.7 Å². The molecule has 0 N–H and O–H groups in total. The van der Waals surface area contributed by atoms with Crippen LogP contribution in [-0.4, -0.2) is 15.6 Å². The van der Waals surface area contributed by atoms with Crippen molar-refractivity contribution in [2.75, 3.05) is 0 Å². The maximum absolute atomic E-state index is 13.4. The first-order valence-electron chi connectivity index (χ1n) is 6.75. The van der Waals surface area contributed by atoms with Gasteiger partial charge in [0, 0.05) is 18.0 Å².